The fourth-order valence-corrected chi connectivity index (χ4v) is 3.44. The normalized spacial score (nSPS) is 11.7. The second-order valence-electron chi connectivity index (χ2n) is 6.96. The zero-order valence-corrected chi connectivity index (χ0v) is 21.9. The number of Topliss-reactive ketones (excluding diaryl/α,β-unsaturated/α-hetero) is 1. The number of benzene rings is 2. The number of amides is 1. The molecule has 0 saturated carbocycles. The predicted molar refractivity (Wildman–Crippen MR) is 135 cm³/mol. The summed E-state index contributed by atoms with van der Waals surface area (Å²) in [7, 11) is 0. The maximum atomic E-state index is 13.2. The Morgan fingerprint density at radius 2 is 1.43 bits per heavy atom. The highest BCUT2D eigenvalue weighted by atomic mass is 35.5. The van der Waals surface area contributed by atoms with Crippen molar-refractivity contribution in [1.29, 1.82) is 0 Å². The molecule has 1 atom stereocenters. The van der Waals surface area contributed by atoms with Crippen molar-refractivity contribution in [1.82, 2.24) is 0 Å². The second-order valence-corrected chi connectivity index (χ2v) is 7.73. The fraction of sp³-hybridized carbons (Fsp3) is 0.417. The molecule has 0 aromatic heterocycles. The van der Waals surface area contributed by atoms with Gasteiger partial charge in [0.25, 0.3) is 5.91 Å². The van der Waals surface area contributed by atoms with Gasteiger partial charge >= 0.3 is 0 Å². The van der Waals surface area contributed by atoms with Crippen molar-refractivity contribution in [2.24, 2.45) is 10.2 Å². The van der Waals surface area contributed by atoms with Crippen molar-refractivity contribution < 1.29 is 28.5 Å². The third-order valence-electron chi connectivity index (χ3n) is 4.44. The van der Waals surface area contributed by atoms with Crippen molar-refractivity contribution in [2.45, 2.75) is 40.7 Å². The van der Waals surface area contributed by atoms with Gasteiger partial charge in [0.1, 0.15) is 17.2 Å². The van der Waals surface area contributed by atoms with Crippen LogP contribution in [0.2, 0.25) is 5.02 Å². The molecule has 0 radical (unpaired) electrons. The smallest absolute Gasteiger partial charge is 0.276 e. The van der Waals surface area contributed by atoms with Gasteiger partial charge in [0.15, 0.2) is 23.0 Å². The average molecular weight is 526 g/mol. The summed E-state index contributed by atoms with van der Waals surface area (Å²) in [5.74, 6) is 0.103. The van der Waals surface area contributed by atoms with Crippen LogP contribution in [0.5, 0.6) is 23.0 Å². The van der Waals surface area contributed by atoms with Crippen molar-refractivity contribution >= 4 is 46.4 Å². The maximum Gasteiger partial charge on any atom is 0.276 e. The number of rotatable bonds is 13. The highest BCUT2D eigenvalue weighted by Crippen LogP contribution is 2.41. The molecule has 35 heavy (non-hydrogen) atoms. The summed E-state index contributed by atoms with van der Waals surface area (Å²) < 4.78 is 23.1. The van der Waals surface area contributed by atoms with Crippen molar-refractivity contribution in [3.8, 4) is 23.0 Å². The lowest BCUT2D eigenvalue weighted by Gasteiger charge is -2.20. The van der Waals surface area contributed by atoms with E-state index in [2.05, 4.69) is 10.2 Å². The van der Waals surface area contributed by atoms with Crippen LogP contribution < -0.4 is 23.4 Å². The number of ether oxygens (including phenoxy) is 4. The summed E-state index contributed by atoms with van der Waals surface area (Å²) in [5.41, 5.74) is 0.439. The molecule has 0 N–H and O–H groups in total. The zero-order valence-electron chi connectivity index (χ0n) is 20.3. The molecule has 11 heteroatoms. The monoisotopic (exact) mass is 525 g/mol. The Labute approximate surface area is 215 Å². The summed E-state index contributed by atoms with van der Waals surface area (Å²) in [4.78, 5) is 25.6. The first-order valence-corrected chi connectivity index (χ1v) is 11.9. The number of anilines is 1. The Hall–Kier alpha value is -3.04. The standard InChI is InChI=1S/C24H29Cl2N3O6/c1-6-32-17-10-11-18(19(14-17)33-7-2)29(26)24(31)22(15(5)30)27-28-23-20(34-8-3)12-16(25)13-21(23)35-9-4/h10-14,22H,6-9H2,1-5H3. The van der Waals surface area contributed by atoms with Gasteiger partial charge < -0.3 is 18.9 Å². The number of hydrogen-bond acceptors (Lipinski definition) is 8. The minimum absolute atomic E-state index is 0.203. The number of halogens is 2. The minimum Gasteiger partial charge on any atom is -0.494 e. The van der Waals surface area contributed by atoms with Gasteiger partial charge in [-0.05, 0) is 46.8 Å². The molecule has 0 spiro atoms. The Morgan fingerprint density at radius 3 is 1.94 bits per heavy atom. The van der Waals surface area contributed by atoms with E-state index in [0.29, 0.717) is 54.4 Å². The lowest BCUT2D eigenvalue weighted by Crippen LogP contribution is -2.36. The molecular formula is C24H29Cl2N3O6. The number of hydrogen-bond donors (Lipinski definition) is 0. The molecule has 0 fully saturated rings. The van der Waals surface area contributed by atoms with Gasteiger partial charge in [-0.2, -0.15) is 5.11 Å². The topological polar surface area (TPSA) is 99.0 Å². The van der Waals surface area contributed by atoms with E-state index in [1.807, 2.05) is 6.92 Å². The number of carbonyl (C=O) groups is 2. The van der Waals surface area contributed by atoms with E-state index in [1.165, 1.54) is 6.92 Å². The van der Waals surface area contributed by atoms with Gasteiger partial charge in [-0.3, -0.25) is 9.59 Å². The lowest BCUT2D eigenvalue weighted by molar-refractivity contribution is -0.126. The van der Waals surface area contributed by atoms with Gasteiger partial charge in [-0.1, -0.05) is 11.6 Å². The summed E-state index contributed by atoms with van der Waals surface area (Å²) in [5, 5.41) is 8.52. The summed E-state index contributed by atoms with van der Waals surface area (Å²) >= 11 is 12.5. The van der Waals surface area contributed by atoms with Crippen molar-refractivity contribution in [3.63, 3.8) is 0 Å². The van der Waals surface area contributed by atoms with Crippen LogP contribution in [0.1, 0.15) is 34.6 Å². The number of nitrogens with zero attached hydrogens (tertiary/aromatic N) is 3. The Bertz CT molecular complexity index is 1040. The predicted octanol–water partition coefficient (Wildman–Crippen LogP) is 6.16. The van der Waals surface area contributed by atoms with E-state index < -0.39 is 17.7 Å². The highest BCUT2D eigenvalue weighted by Gasteiger charge is 2.31. The molecule has 1 unspecified atom stereocenters. The fourth-order valence-electron chi connectivity index (χ4n) is 3.01. The van der Waals surface area contributed by atoms with Gasteiger partial charge in [0, 0.05) is 35.0 Å². The van der Waals surface area contributed by atoms with Crippen LogP contribution in [-0.4, -0.2) is 44.2 Å². The SMILES string of the molecule is CCOc1ccc(N(Cl)C(=O)C(N=Nc2c(OCC)cc(Cl)cc2OCC)C(C)=O)c(OCC)c1. The summed E-state index contributed by atoms with van der Waals surface area (Å²) in [6, 6.07) is 6.41. The van der Waals surface area contributed by atoms with E-state index >= 15 is 0 Å². The molecule has 2 aromatic carbocycles. The average Bonchev–Trinajstić information content (AvgIpc) is 2.81. The molecule has 190 valence electrons. The van der Waals surface area contributed by atoms with Crippen LogP contribution in [0.25, 0.3) is 0 Å². The number of carbonyl (C=O) groups excluding carboxylic acids is 2. The van der Waals surface area contributed by atoms with Crippen LogP contribution in [0.4, 0.5) is 11.4 Å². The van der Waals surface area contributed by atoms with E-state index in [-0.39, 0.29) is 11.4 Å². The van der Waals surface area contributed by atoms with E-state index in [9.17, 15) is 9.59 Å². The zero-order chi connectivity index (χ0) is 26.0. The third kappa shape index (κ3) is 7.47. The van der Waals surface area contributed by atoms with Crippen LogP contribution in [0.3, 0.4) is 0 Å². The van der Waals surface area contributed by atoms with Gasteiger partial charge in [-0.25, -0.2) is 4.42 Å². The van der Waals surface area contributed by atoms with Crippen LogP contribution in [0, 0.1) is 0 Å². The van der Waals surface area contributed by atoms with Gasteiger partial charge in [0.2, 0.25) is 6.04 Å². The van der Waals surface area contributed by atoms with Gasteiger partial charge in [0.05, 0.1) is 26.4 Å². The molecule has 0 saturated heterocycles. The van der Waals surface area contributed by atoms with Crippen molar-refractivity contribution in [3.05, 3.63) is 35.4 Å². The Kier molecular flexibility index (Phi) is 11.1. The van der Waals surface area contributed by atoms with Crippen molar-refractivity contribution in [2.75, 3.05) is 30.8 Å². The molecule has 0 aliphatic heterocycles. The van der Waals surface area contributed by atoms with Gasteiger partial charge in [-0.15, -0.1) is 5.11 Å². The molecule has 0 heterocycles. The molecule has 2 aromatic rings. The summed E-state index contributed by atoms with van der Waals surface area (Å²) in [6.07, 6.45) is 0. The van der Waals surface area contributed by atoms with Crippen LogP contribution in [-0.2, 0) is 9.59 Å². The van der Waals surface area contributed by atoms with E-state index in [0.717, 1.165) is 4.42 Å². The van der Waals surface area contributed by atoms with E-state index in [1.54, 1.807) is 51.1 Å². The highest BCUT2D eigenvalue weighted by molar-refractivity contribution is 6.39. The third-order valence-corrected chi connectivity index (χ3v) is 5.01. The molecule has 0 bridgehead atoms. The Balaban J connectivity index is 2.44. The maximum absolute atomic E-state index is 13.2. The molecule has 0 aliphatic carbocycles. The Morgan fingerprint density at radius 1 is 0.886 bits per heavy atom. The number of ketones is 1. The minimum atomic E-state index is -1.52. The second kappa shape index (κ2) is 13.7. The molecule has 1 amide bonds. The first-order valence-electron chi connectivity index (χ1n) is 11.2. The summed E-state index contributed by atoms with van der Waals surface area (Å²) in [6.45, 7) is 9.90. The first kappa shape index (κ1) is 28.2. The van der Waals surface area contributed by atoms with Crippen LogP contribution in [0.15, 0.2) is 40.6 Å². The number of azo groups is 1. The van der Waals surface area contributed by atoms with E-state index in [4.69, 9.17) is 42.3 Å². The lowest BCUT2D eigenvalue weighted by atomic mass is 10.2. The largest absolute Gasteiger partial charge is 0.494 e. The molecular weight excluding hydrogens is 497 g/mol. The first-order chi connectivity index (χ1) is 16.8. The van der Waals surface area contributed by atoms with Crippen LogP contribution >= 0.6 is 23.4 Å². The molecule has 2 rings (SSSR count). The molecule has 0 aliphatic rings. The molecule has 9 nitrogen and oxygen atoms in total. The quantitative estimate of drug-likeness (QED) is 0.176.